The number of nitrogens with one attached hydrogen (secondary N) is 1. The van der Waals surface area contributed by atoms with E-state index in [2.05, 4.69) is 24.6 Å². The van der Waals surface area contributed by atoms with Crippen molar-refractivity contribution >= 4 is 43.5 Å². The second kappa shape index (κ2) is 9.14. The molecule has 3 atom stereocenters. The molecule has 184 valence electrons. The second-order valence-electron chi connectivity index (χ2n) is 8.82. The molecule has 3 aromatic rings. The molecule has 0 spiro atoms. The molecule has 0 bridgehead atoms. The molecule has 3 heterocycles. The number of aromatic nitrogens is 2. The number of hydrogen-bond acceptors (Lipinski definition) is 9. The van der Waals surface area contributed by atoms with Crippen molar-refractivity contribution in [3.63, 3.8) is 0 Å². The van der Waals surface area contributed by atoms with E-state index in [0.29, 0.717) is 41.7 Å². The van der Waals surface area contributed by atoms with Crippen LogP contribution in [0.1, 0.15) is 5.56 Å². The number of nitrogens with zero attached hydrogens (tertiary/aromatic N) is 4. The highest BCUT2D eigenvalue weighted by atomic mass is 32.2. The van der Waals surface area contributed by atoms with Gasteiger partial charge in [0.05, 0.1) is 35.8 Å². The van der Waals surface area contributed by atoms with Crippen LogP contribution in [0, 0.1) is 12.7 Å². The average Bonchev–Trinajstić information content (AvgIpc) is 3.37. The maximum Gasteiger partial charge on any atom is 0.151 e. The highest BCUT2D eigenvalue weighted by Gasteiger charge is 2.47. The van der Waals surface area contributed by atoms with Crippen molar-refractivity contribution in [2.45, 2.75) is 25.2 Å². The lowest BCUT2D eigenvalue weighted by Crippen LogP contribution is -2.33. The number of halogens is 1. The smallest absolute Gasteiger partial charge is 0.151 e. The number of aryl methyl sites for hydroxylation is 1. The molecule has 2 aromatic carbocycles. The van der Waals surface area contributed by atoms with E-state index < -0.39 is 21.7 Å². The van der Waals surface area contributed by atoms with Crippen LogP contribution in [0.2, 0.25) is 0 Å². The van der Waals surface area contributed by atoms with Crippen LogP contribution in [-0.4, -0.2) is 71.0 Å². The number of ether oxygens (including phenoxy) is 3. The van der Waals surface area contributed by atoms with Crippen molar-refractivity contribution in [2.24, 2.45) is 9.36 Å². The highest BCUT2D eigenvalue weighted by molar-refractivity contribution is 7.92. The normalized spacial score (nSPS) is 23.0. The van der Waals surface area contributed by atoms with E-state index in [4.69, 9.17) is 14.2 Å². The van der Waals surface area contributed by atoms with Crippen LogP contribution >= 0.6 is 0 Å². The molecule has 1 N–H and O–H groups in total. The molecule has 5 rings (SSSR count). The summed E-state index contributed by atoms with van der Waals surface area (Å²) >= 11 is 0. The van der Waals surface area contributed by atoms with Gasteiger partial charge in [0, 0.05) is 40.7 Å². The lowest BCUT2D eigenvalue weighted by atomic mass is 10.1. The van der Waals surface area contributed by atoms with Gasteiger partial charge in [0.2, 0.25) is 0 Å². The minimum atomic E-state index is -2.32. The van der Waals surface area contributed by atoms with Crippen molar-refractivity contribution in [2.75, 3.05) is 38.1 Å². The Morgan fingerprint density at radius 1 is 1.20 bits per heavy atom. The zero-order valence-electron chi connectivity index (χ0n) is 19.8. The second-order valence-corrected chi connectivity index (χ2v) is 11.4. The van der Waals surface area contributed by atoms with E-state index in [1.54, 1.807) is 31.7 Å². The van der Waals surface area contributed by atoms with Gasteiger partial charge in [-0.2, -0.15) is 4.36 Å². The molecule has 11 heteroatoms. The van der Waals surface area contributed by atoms with Gasteiger partial charge in [-0.1, -0.05) is 0 Å². The summed E-state index contributed by atoms with van der Waals surface area (Å²) < 4.78 is 48.5. The third-order valence-corrected chi connectivity index (χ3v) is 6.51. The van der Waals surface area contributed by atoms with E-state index >= 15 is 0 Å². The van der Waals surface area contributed by atoms with Crippen LogP contribution in [-0.2, 0) is 19.2 Å². The molecule has 2 saturated heterocycles. The number of benzene rings is 2. The molecule has 2 fully saturated rings. The molecular weight excluding hydrogens is 473 g/mol. The van der Waals surface area contributed by atoms with Crippen molar-refractivity contribution in [3.8, 4) is 5.75 Å². The highest BCUT2D eigenvalue weighted by Crippen LogP contribution is 2.36. The number of aliphatic imine (C=N–C) groups is 1. The van der Waals surface area contributed by atoms with Gasteiger partial charge in [-0.25, -0.2) is 18.6 Å². The van der Waals surface area contributed by atoms with Crippen molar-refractivity contribution in [3.05, 3.63) is 48.0 Å². The number of anilines is 2. The molecule has 35 heavy (non-hydrogen) atoms. The summed E-state index contributed by atoms with van der Waals surface area (Å²) in [6.07, 6.45) is 3.64. The molecule has 9 nitrogen and oxygen atoms in total. The Balaban J connectivity index is 1.47. The van der Waals surface area contributed by atoms with Gasteiger partial charge in [0.25, 0.3) is 0 Å². The molecule has 0 saturated carbocycles. The fourth-order valence-corrected chi connectivity index (χ4v) is 5.00. The number of fused-ring (bicyclic) bond motifs is 2. The van der Waals surface area contributed by atoms with E-state index in [1.165, 1.54) is 18.5 Å². The first-order valence-corrected chi connectivity index (χ1v) is 13.4. The summed E-state index contributed by atoms with van der Waals surface area (Å²) in [6, 6.07) is 7.88. The minimum Gasteiger partial charge on any atom is -0.483 e. The summed E-state index contributed by atoms with van der Waals surface area (Å²) in [6.45, 7) is 2.61. The summed E-state index contributed by atoms with van der Waals surface area (Å²) in [5.41, 5.74) is 3.47. The molecule has 2 aliphatic heterocycles. The zero-order valence-corrected chi connectivity index (χ0v) is 20.6. The molecule has 0 amide bonds. The fourth-order valence-electron chi connectivity index (χ4n) is 4.38. The summed E-state index contributed by atoms with van der Waals surface area (Å²) in [7, 11) is -0.609. The molecule has 2 aliphatic rings. The van der Waals surface area contributed by atoms with Gasteiger partial charge in [-0.3, -0.25) is 4.99 Å². The van der Waals surface area contributed by atoms with Crippen molar-refractivity contribution in [1.29, 1.82) is 0 Å². The molecule has 0 aliphatic carbocycles. The third-order valence-electron chi connectivity index (χ3n) is 5.86. The molecule has 1 aromatic heterocycles. The topological polar surface area (TPSA) is 107 Å². The van der Waals surface area contributed by atoms with E-state index in [-0.39, 0.29) is 12.2 Å². The standard InChI is InChI=1S/C24H26FN5O4S/c1-13-7-15(30-35(3,4)31)9-17-21(13)24(28-12-27-17)29-16-6-5-14(25)8-19(16)34-20-11-33-22-18(26-2)10-32-23(20)22/h5-9,12,20,22-23H,10-11H2,1-4H3,(H,27,28,29)/b26-18-/t20-,22?,23-/m1/s1. The van der Waals surface area contributed by atoms with Crippen LogP contribution < -0.4 is 10.1 Å². The Labute approximate surface area is 202 Å². The maximum absolute atomic E-state index is 14.2. The van der Waals surface area contributed by atoms with Gasteiger partial charge in [0.1, 0.15) is 35.9 Å². The lowest BCUT2D eigenvalue weighted by molar-refractivity contribution is 0.0316. The van der Waals surface area contributed by atoms with Crippen LogP contribution in [0.4, 0.5) is 21.6 Å². The van der Waals surface area contributed by atoms with Gasteiger partial charge < -0.3 is 19.5 Å². The van der Waals surface area contributed by atoms with E-state index in [1.807, 2.05) is 13.0 Å². The van der Waals surface area contributed by atoms with Crippen LogP contribution in [0.5, 0.6) is 5.75 Å². The summed E-state index contributed by atoms with van der Waals surface area (Å²) in [5, 5.41) is 4.04. The van der Waals surface area contributed by atoms with Crippen LogP contribution in [0.15, 0.2) is 46.0 Å². The average molecular weight is 500 g/mol. The summed E-state index contributed by atoms with van der Waals surface area (Å²) in [5.74, 6) is 0.418. The third kappa shape index (κ3) is 4.84. The van der Waals surface area contributed by atoms with Gasteiger partial charge in [0.15, 0.2) is 6.10 Å². The van der Waals surface area contributed by atoms with E-state index in [9.17, 15) is 8.60 Å². The van der Waals surface area contributed by atoms with Crippen molar-refractivity contribution < 1.29 is 22.8 Å². The van der Waals surface area contributed by atoms with Crippen molar-refractivity contribution in [1.82, 2.24) is 9.97 Å². The van der Waals surface area contributed by atoms with Gasteiger partial charge in [-0.15, -0.1) is 0 Å². The molecular formula is C24H26FN5O4S. The maximum atomic E-state index is 14.2. The first-order chi connectivity index (χ1) is 16.7. The summed E-state index contributed by atoms with van der Waals surface area (Å²) in [4.78, 5) is 13.0. The number of rotatable bonds is 5. The van der Waals surface area contributed by atoms with Gasteiger partial charge >= 0.3 is 0 Å². The molecule has 1 unspecified atom stereocenters. The van der Waals surface area contributed by atoms with E-state index in [0.717, 1.165) is 16.7 Å². The largest absolute Gasteiger partial charge is 0.483 e. The Hall–Kier alpha value is -3.15. The lowest BCUT2D eigenvalue weighted by Gasteiger charge is -2.20. The quantitative estimate of drug-likeness (QED) is 0.569. The van der Waals surface area contributed by atoms with Crippen LogP contribution in [0.25, 0.3) is 10.9 Å². The SMILES string of the molecule is C/N=C1/CO[C@H]2C1OC[C@H]2Oc1cc(F)ccc1Nc1ncnc2cc(N=S(C)(C)=O)cc(C)c12. The fraction of sp³-hybridized carbons (Fsp3) is 0.375. The minimum absolute atomic E-state index is 0.246. The first kappa shape index (κ1) is 23.6. The number of hydrogen-bond donors (Lipinski definition) is 1. The Bertz CT molecular complexity index is 1450. The predicted molar refractivity (Wildman–Crippen MR) is 133 cm³/mol. The molecule has 0 radical (unpaired) electrons. The zero-order chi connectivity index (χ0) is 24.7. The van der Waals surface area contributed by atoms with Crippen LogP contribution in [0.3, 0.4) is 0 Å². The Morgan fingerprint density at radius 2 is 2.03 bits per heavy atom. The monoisotopic (exact) mass is 499 g/mol. The predicted octanol–water partition coefficient (Wildman–Crippen LogP) is 3.80. The Morgan fingerprint density at radius 3 is 2.80 bits per heavy atom. The van der Waals surface area contributed by atoms with Gasteiger partial charge in [-0.05, 0) is 36.8 Å². The Kier molecular flexibility index (Phi) is 6.16. The first-order valence-electron chi connectivity index (χ1n) is 11.1.